The third-order valence-electron chi connectivity index (χ3n) is 3.86. The van der Waals surface area contributed by atoms with Crippen LogP contribution in [0.5, 0.6) is 0 Å². The van der Waals surface area contributed by atoms with Gasteiger partial charge in [-0.25, -0.2) is 0 Å². The first kappa shape index (κ1) is 13.1. The van der Waals surface area contributed by atoms with Crippen molar-refractivity contribution in [2.24, 2.45) is 0 Å². The molecule has 90 valence electrons. The fourth-order valence-corrected chi connectivity index (χ4v) is 2.58. The number of rotatable bonds is 0. The highest BCUT2D eigenvalue weighted by molar-refractivity contribution is 5.69. The molecule has 0 N–H and O–H groups in total. The Bertz CT molecular complexity index is 391. The molecular weight excluding hydrogens is 194 g/mol. The average molecular weight is 219 g/mol. The fourth-order valence-electron chi connectivity index (χ4n) is 2.58. The molecule has 0 spiro atoms. The van der Waals surface area contributed by atoms with Gasteiger partial charge in [-0.15, -0.1) is 0 Å². The van der Waals surface area contributed by atoms with Crippen molar-refractivity contribution in [2.45, 2.75) is 48.0 Å². The average Bonchev–Trinajstić information content (AvgIpc) is 2.68. The molecule has 0 aliphatic carbocycles. The molecule has 1 aliphatic heterocycles. The van der Waals surface area contributed by atoms with Crippen molar-refractivity contribution in [3.8, 4) is 0 Å². The van der Waals surface area contributed by atoms with Crippen LogP contribution in [0.3, 0.4) is 0 Å². The van der Waals surface area contributed by atoms with Gasteiger partial charge in [0.25, 0.3) is 0 Å². The molecule has 1 heterocycles. The van der Waals surface area contributed by atoms with Gasteiger partial charge in [-0.1, -0.05) is 13.8 Å². The topological polar surface area (TPSA) is 3.24 Å². The maximum atomic E-state index is 2.39. The van der Waals surface area contributed by atoms with Crippen LogP contribution >= 0.6 is 0 Å². The summed E-state index contributed by atoms with van der Waals surface area (Å²) in [5.74, 6) is 0. The SMILES string of the molecule is CC.Cc1c(C)c(C)c2c(c1C)CCN2C. The van der Waals surface area contributed by atoms with E-state index in [9.17, 15) is 0 Å². The van der Waals surface area contributed by atoms with Crippen LogP contribution in [-0.2, 0) is 6.42 Å². The molecule has 16 heavy (non-hydrogen) atoms. The van der Waals surface area contributed by atoms with Gasteiger partial charge in [-0.05, 0) is 61.9 Å². The standard InChI is InChI=1S/C13H19N.C2H6/c1-8-9(2)11(4)13-12(10(8)3)6-7-14(13)5;1-2/h6-7H2,1-5H3;1-2H3. The van der Waals surface area contributed by atoms with Crippen LogP contribution in [0.1, 0.15) is 41.7 Å². The van der Waals surface area contributed by atoms with Crippen LogP contribution in [0.2, 0.25) is 0 Å². The number of benzene rings is 1. The molecule has 0 amide bonds. The second-order valence-corrected chi connectivity index (χ2v) is 4.50. The lowest BCUT2D eigenvalue weighted by atomic mass is 9.92. The lowest BCUT2D eigenvalue weighted by Crippen LogP contribution is -2.14. The minimum Gasteiger partial charge on any atom is -0.374 e. The number of anilines is 1. The van der Waals surface area contributed by atoms with Gasteiger partial charge in [0.2, 0.25) is 0 Å². The Labute approximate surface area is 100 Å². The Hall–Kier alpha value is -0.980. The zero-order valence-corrected chi connectivity index (χ0v) is 11.9. The summed E-state index contributed by atoms with van der Waals surface area (Å²) in [6.45, 7) is 14.2. The van der Waals surface area contributed by atoms with E-state index in [2.05, 4.69) is 39.6 Å². The molecule has 0 unspecified atom stereocenters. The van der Waals surface area contributed by atoms with Gasteiger partial charge in [-0.2, -0.15) is 0 Å². The smallest absolute Gasteiger partial charge is 0.0432 e. The molecule has 0 bridgehead atoms. The van der Waals surface area contributed by atoms with E-state index >= 15 is 0 Å². The molecule has 1 aromatic rings. The molecule has 0 fully saturated rings. The lowest BCUT2D eigenvalue weighted by Gasteiger charge is -2.20. The molecular formula is C15H25N. The number of likely N-dealkylation sites (N-methyl/N-ethyl adjacent to an activating group) is 1. The fraction of sp³-hybridized carbons (Fsp3) is 0.600. The van der Waals surface area contributed by atoms with Gasteiger partial charge in [0.15, 0.2) is 0 Å². The normalized spacial score (nSPS) is 13.3. The van der Waals surface area contributed by atoms with E-state index in [0.717, 1.165) is 0 Å². The quantitative estimate of drug-likeness (QED) is 0.639. The Morgan fingerprint density at radius 1 is 0.812 bits per heavy atom. The third kappa shape index (κ3) is 1.83. The summed E-state index contributed by atoms with van der Waals surface area (Å²) in [6, 6.07) is 0. The van der Waals surface area contributed by atoms with E-state index in [4.69, 9.17) is 0 Å². The van der Waals surface area contributed by atoms with Gasteiger partial charge in [0, 0.05) is 19.3 Å². The van der Waals surface area contributed by atoms with Crippen LogP contribution in [0.4, 0.5) is 5.69 Å². The maximum Gasteiger partial charge on any atom is 0.0432 e. The van der Waals surface area contributed by atoms with Crippen LogP contribution < -0.4 is 4.90 Å². The van der Waals surface area contributed by atoms with E-state index in [-0.39, 0.29) is 0 Å². The number of hydrogen-bond acceptors (Lipinski definition) is 1. The molecule has 1 nitrogen and oxygen atoms in total. The summed E-state index contributed by atoms with van der Waals surface area (Å²) in [4.78, 5) is 2.39. The number of fused-ring (bicyclic) bond motifs is 1. The highest BCUT2D eigenvalue weighted by Gasteiger charge is 2.22. The Morgan fingerprint density at radius 3 is 1.88 bits per heavy atom. The third-order valence-corrected chi connectivity index (χ3v) is 3.86. The molecule has 0 saturated heterocycles. The predicted molar refractivity (Wildman–Crippen MR) is 73.7 cm³/mol. The van der Waals surface area contributed by atoms with Crippen molar-refractivity contribution in [1.82, 2.24) is 0 Å². The molecule has 1 aliphatic rings. The largest absolute Gasteiger partial charge is 0.374 e. The molecule has 1 aromatic carbocycles. The second-order valence-electron chi connectivity index (χ2n) is 4.50. The van der Waals surface area contributed by atoms with Crippen LogP contribution in [-0.4, -0.2) is 13.6 Å². The molecule has 0 saturated carbocycles. The second kappa shape index (κ2) is 4.90. The summed E-state index contributed by atoms with van der Waals surface area (Å²) < 4.78 is 0. The number of hydrogen-bond donors (Lipinski definition) is 0. The molecule has 0 atom stereocenters. The minimum absolute atomic E-state index is 1.18. The molecule has 2 rings (SSSR count). The maximum absolute atomic E-state index is 2.39. The number of nitrogens with zero attached hydrogens (tertiary/aromatic N) is 1. The van der Waals surface area contributed by atoms with Crippen molar-refractivity contribution in [1.29, 1.82) is 0 Å². The molecule has 0 radical (unpaired) electrons. The monoisotopic (exact) mass is 219 g/mol. The zero-order chi connectivity index (χ0) is 12.5. The van der Waals surface area contributed by atoms with Crippen molar-refractivity contribution >= 4 is 5.69 Å². The highest BCUT2D eigenvalue weighted by Crippen LogP contribution is 2.36. The van der Waals surface area contributed by atoms with E-state index in [1.807, 2.05) is 13.8 Å². The lowest BCUT2D eigenvalue weighted by molar-refractivity contribution is 0.951. The zero-order valence-electron chi connectivity index (χ0n) is 11.9. The van der Waals surface area contributed by atoms with Gasteiger partial charge in [0.1, 0.15) is 0 Å². The van der Waals surface area contributed by atoms with Gasteiger partial charge in [0.05, 0.1) is 0 Å². The van der Waals surface area contributed by atoms with Gasteiger partial charge < -0.3 is 4.90 Å². The van der Waals surface area contributed by atoms with Crippen LogP contribution in [0.25, 0.3) is 0 Å². The van der Waals surface area contributed by atoms with Crippen LogP contribution in [0, 0.1) is 27.7 Å². The Kier molecular flexibility index (Phi) is 4.01. The van der Waals surface area contributed by atoms with E-state index < -0.39 is 0 Å². The summed E-state index contributed by atoms with van der Waals surface area (Å²) in [7, 11) is 2.20. The summed E-state index contributed by atoms with van der Waals surface area (Å²) in [5, 5.41) is 0. The minimum atomic E-state index is 1.18. The van der Waals surface area contributed by atoms with Gasteiger partial charge in [-0.3, -0.25) is 0 Å². The summed E-state index contributed by atoms with van der Waals surface area (Å²) in [5.41, 5.74) is 9.00. The summed E-state index contributed by atoms with van der Waals surface area (Å²) in [6.07, 6.45) is 1.22. The Morgan fingerprint density at radius 2 is 1.31 bits per heavy atom. The van der Waals surface area contributed by atoms with Gasteiger partial charge >= 0.3 is 0 Å². The molecule has 1 heteroatoms. The molecule has 0 aromatic heterocycles. The van der Waals surface area contributed by atoms with E-state index in [1.54, 1.807) is 5.56 Å². The van der Waals surface area contributed by atoms with Crippen molar-refractivity contribution in [3.63, 3.8) is 0 Å². The van der Waals surface area contributed by atoms with Crippen molar-refractivity contribution in [3.05, 3.63) is 27.8 Å². The first-order chi connectivity index (χ1) is 7.54. The van der Waals surface area contributed by atoms with Crippen molar-refractivity contribution < 1.29 is 0 Å². The predicted octanol–water partition coefficient (Wildman–Crippen LogP) is 3.94. The van der Waals surface area contributed by atoms with Crippen LogP contribution in [0.15, 0.2) is 0 Å². The first-order valence-corrected chi connectivity index (χ1v) is 6.34. The first-order valence-electron chi connectivity index (χ1n) is 6.34. The van der Waals surface area contributed by atoms with E-state index in [0.29, 0.717) is 0 Å². The summed E-state index contributed by atoms with van der Waals surface area (Å²) >= 11 is 0. The van der Waals surface area contributed by atoms with Crippen molar-refractivity contribution in [2.75, 3.05) is 18.5 Å². The van der Waals surface area contributed by atoms with E-state index in [1.165, 1.54) is 40.9 Å². The Balaban J connectivity index is 0.000000606. The highest BCUT2D eigenvalue weighted by atomic mass is 15.1.